The summed E-state index contributed by atoms with van der Waals surface area (Å²) >= 11 is 5.17. The number of nitrogens with two attached hydrogens (primary N) is 1. The van der Waals surface area contributed by atoms with Crippen molar-refractivity contribution in [2.75, 3.05) is 0 Å². The van der Waals surface area contributed by atoms with Crippen molar-refractivity contribution in [1.29, 1.82) is 0 Å². The molecule has 1 aliphatic rings. The Morgan fingerprint density at radius 2 is 2.36 bits per heavy atom. The number of hydrogen-bond acceptors (Lipinski definition) is 3. The minimum Gasteiger partial charge on any atom is -0.328 e. The van der Waals surface area contributed by atoms with Gasteiger partial charge in [0.15, 0.2) is 0 Å². The summed E-state index contributed by atoms with van der Waals surface area (Å²) in [7, 11) is 0. The molecular weight excluding hydrogens is 260 g/mol. The van der Waals surface area contributed by atoms with Gasteiger partial charge in [0.05, 0.1) is 10.7 Å². The van der Waals surface area contributed by atoms with Gasteiger partial charge in [-0.15, -0.1) is 0 Å². The van der Waals surface area contributed by atoms with Crippen LogP contribution in [0.3, 0.4) is 0 Å². The van der Waals surface area contributed by atoms with Crippen molar-refractivity contribution in [3.63, 3.8) is 0 Å². The highest BCUT2D eigenvalue weighted by atomic mass is 79.9. The summed E-state index contributed by atoms with van der Waals surface area (Å²) < 4.78 is 5.37. The minimum atomic E-state index is 0.380. The van der Waals surface area contributed by atoms with Crippen LogP contribution < -0.4 is 5.73 Å². The molecule has 0 bridgehead atoms. The summed E-state index contributed by atoms with van der Waals surface area (Å²) in [5.41, 5.74) is 6.01. The summed E-state index contributed by atoms with van der Waals surface area (Å²) in [5.74, 6) is 1.35. The van der Waals surface area contributed by atoms with E-state index in [0.717, 1.165) is 16.8 Å². The largest absolute Gasteiger partial charge is 0.328 e. The summed E-state index contributed by atoms with van der Waals surface area (Å²) in [6, 6.07) is 0.380. The average molecular weight is 275 g/mol. The normalized spacial score (nSPS) is 33.2. The van der Waals surface area contributed by atoms with Gasteiger partial charge in [-0.25, -0.2) is 0 Å². The van der Waals surface area contributed by atoms with Gasteiger partial charge >= 0.3 is 0 Å². The lowest BCUT2D eigenvalue weighted by atomic mass is 9.77. The monoisotopic (exact) mass is 274 g/mol. The highest BCUT2D eigenvalue weighted by Crippen LogP contribution is 2.41. The molecule has 0 aromatic carbocycles. The van der Waals surface area contributed by atoms with Crippen molar-refractivity contribution >= 4 is 27.5 Å². The molecule has 0 spiro atoms. The average Bonchev–Trinajstić information content (AvgIpc) is 2.56. The molecule has 1 aromatic heterocycles. The van der Waals surface area contributed by atoms with Crippen molar-refractivity contribution in [3.05, 3.63) is 15.5 Å². The molecule has 1 aliphatic carbocycles. The molecule has 3 atom stereocenters. The van der Waals surface area contributed by atoms with Gasteiger partial charge in [-0.1, -0.05) is 6.92 Å². The number of aromatic nitrogens is 1. The molecule has 2 N–H and O–H groups in total. The topological polar surface area (TPSA) is 38.9 Å². The van der Waals surface area contributed by atoms with E-state index in [-0.39, 0.29) is 0 Å². The molecule has 0 saturated heterocycles. The van der Waals surface area contributed by atoms with E-state index in [9.17, 15) is 0 Å². The van der Waals surface area contributed by atoms with Crippen LogP contribution in [-0.4, -0.2) is 10.4 Å². The highest BCUT2D eigenvalue weighted by molar-refractivity contribution is 9.10. The summed E-state index contributed by atoms with van der Waals surface area (Å²) in [6.07, 6.45) is 5.43. The molecule has 3 unspecified atom stereocenters. The smallest absolute Gasteiger partial charge is 0.0552 e. The first kappa shape index (κ1) is 10.6. The van der Waals surface area contributed by atoms with Gasteiger partial charge in [0.1, 0.15) is 0 Å². The first-order valence-corrected chi connectivity index (χ1v) is 6.60. The van der Waals surface area contributed by atoms with Gasteiger partial charge in [-0.05, 0) is 52.6 Å². The first-order valence-electron chi connectivity index (χ1n) is 5.04. The molecule has 2 rings (SSSR count). The van der Waals surface area contributed by atoms with Gasteiger partial charge in [-0.3, -0.25) is 0 Å². The zero-order valence-corrected chi connectivity index (χ0v) is 10.6. The maximum absolute atomic E-state index is 6.01. The fourth-order valence-electron chi connectivity index (χ4n) is 2.20. The van der Waals surface area contributed by atoms with Crippen LogP contribution in [0.1, 0.15) is 37.0 Å². The Hall–Kier alpha value is 0.0700. The number of rotatable bonds is 1. The van der Waals surface area contributed by atoms with Crippen LogP contribution >= 0.6 is 27.5 Å². The second kappa shape index (κ2) is 4.29. The van der Waals surface area contributed by atoms with E-state index in [0.29, 0.717) is 12.0 Å². The summed E-state index contributed by atoms with van der Waals surface area (Å²) in [5, 5.41) is 0. The van der Waals surface area contributed by atoms with E-state index in [2.05, 4.69) is 27.2 Å². The third kappa shape index (κ3) is 2.02. The third-order valence-electron chi connectivity index (χ3n) is 3.13. The number of hydrogen-bond donors (Lipinski definition) is 1. The van der Waals surface area contributed by atoms with Gasteiger partial charge in [-0.2, -0.15) is 4.37 Å². The molecule has 0 aliphatic heterocycles. The molecule has 78 valence electrons. The first-order chi connectivity index (χ1) is 6.68. The van der Waals surface area contributed by atoms with Crippen LogP contribution in [0.5, 0.6) is 0 Å². The van der Waals surface area contributed by atoms with Gasteiger partial charge in [0, 0.05) is 16.8 Å². The van der Waals surface area contributed by atoms with Crippen LogP contribution in [0, 0.1) is 5.92 Å². The van der Waals surface area contributed by atoms with Crippen LogP contribution in [0.2, 0.25) is 0 Å². The lowest BCUT2D eigenvalue weighted by Gasteiger charge is -2.31. The zero-order valence-electron chi connectivity index (χ0n) is 8.24. The van der Waals surface area contributed by atoms with E-state index in [4.69, 9.17) is 5.73 Å². The summed E-state index contributed by atoms with van der Waals surface area (Å²) in [6.45, 7) is 2.32. The molecule has 2 nitrogen and oxygen atoms in total. The van der Waals surface area contributed by atoms with E-state index in [1.54, 1.807) is 11.5 Å². The van der Waals surface area contributed by atoms with Gasteiger partial charge in [0.25, 0.3) is 0 Å². The van der Waals surface area contributed by atoms with Crippen LogP contribution in [-0.2, 0) is 0 Å². The molecular formula is C10H15BrN2S. The predicted octanol–water partition coefficient (Wildman–Crippen LogP) is 3.14. The number of halogens is 1. The van der Waals surface area contributed by atoms with E-state index < -0.39 is 0 Å². The Morgan fingerprint density at radius 3 is 3.00 bits per heavy atom. The van der Waals surface area contributed by atoms with Crippen molar-refractivity contribution < 1.29 is 0 Å². The van der Waals surface area contributed by atoms with Crippen molar-refractivity contribution in [3.8, 4) is 0 Å². The molecule has 0 radical (unpaired) electrons. The Kier molecular flexibility index (Phi) is 3.24. The van der Waals surface area contributed by atoms with E-state index in [1.807, 2.05) is 6.20 Å². The Morgan fingerprint density at radius 1 is 1.57 bits per heavy atom. The zero-order chi connectivity index (χ0) is 10.1. The van der Waals surface area contributed by atoms with Gasteiger partial charge < -0.3 is 5.73 Å². The van der Waals surface area contributed by atoms with Gasteiger partial charge in [0.2, 0.25) is 0 Å². The lowest BCUT2D eigenvalue weighted by molar-refractivity contribution is 0.302. The Labute approximate surface area is 97.2 Å². The highest BCUT2D eigenvalue weighted by Gasteiger charge is 2.29. The van der Waals surface area contributed by atoms with Crippen LogP contribution in [0.4, 0.5) is 0 Å². The summed E-state index contributed by atoms with van der Waals surface area (Å²) in [4.78, 5) is 1.38. The number of nitrogens with zero attached hydrogens (tertiary/aromatic N) is 1. The fraction of sp³-hybridized carbons (Fsp3) is 0.700. The molecule has 1 saturated carbocycles. The maximum atomic E-state index is 6.01. The molecule has 1 fully saturated rings. The molecule has 4 heteroatoms. The van der Waals surface area contributed by atoms with Crippen molar-refractivity contribution in [2.45, 2.75) is 38.1 Å². The second-order valence-electron chi connectivity index (χ2n) is 4.19. The quantitative estimate of drug-likeness (QED) is 0.855. The van der Waals surface area contributed by atoms with E-state index in [1.165, 1.54) is 17.7 Å². The van der Waals surface area contributed by atoms with Crippen molar-refractivity contribution in [2.24, 2.45) is 11.7 Å². The molecule has 1 heterocycles. The Bertz CT molecular complexity index is 313. The Balaban J connectivity index is 2.20. The standard InChI is InChI=1S/C10H15BrN2S/c1-6-2-3-7(12)4-8(6)10-9(11)5-13-14-10/h5-8H,2-4,12H2,1H3. The van der Waals surface area contributed by atoms with E-state index >= 15 is 0 Å². The molecule has 0 amide bonds. The maximum Gasteiger partial charge on any atom is 0.0552 e. The van der Waals surface area contributed by atoms with Crippen molar-refractivity contribution in [1.82, 2.24) is 4.37 Å². The lowest BCUT2D eigenvalue weighted by Crippen LogP contribution is -2.30. The SMILES string of the molecule is CC1CCC(N)CC1c1sncc1Br. The molecule has 1 aromatic rings. The predicted molar refractivity (Wildman–Crippen MR) is 63.5 cm³/mol. The fourth-order valence-corrected chi connectivity index (χ4v) is 3.83. The minimum absolute atomic E-state index is 0.380. The second-order valence-corrected chi connectivity index (χ2v) is 5.88. The molecule has 14 heavy (non-hydrogen) atoms. The van der Waals surface area contributed by atoms with Crippen LogP contribution in [0.25, 0.3) is 0 Å². The van der Waals surface area contributed by atoms with Crippen LogP contribution in [0.15, 0.2) is 10.7 Å². The third-order valence-corrected chi connectivity index (χ3v) is 4.95.